The minimum Gasteiger partial charge on any atom is -0.406 e. The Morgan fingerprint density at radius 2 is 1.84 bits per heavy atom. The number of aromatic nitrogens is 4. The second-order valence-electron chi connectivity index (χ2n) is 5.82. The number of ether oxygens (including phenoxy) is 1. The Balaban J connectivity index is 1.59. The van der Waals surface area contributed by atoms with Crippen molar-refractivity contribution in [2.75, 3.05) is 25.4 Å². The third-order valence-electron chi connectivity index (χ3n) is 4.00. The highest BCUT2D eigenvalue weighted by Crippen LogP contribution is 2.24. The molecule has 0 bridgehead atoms. The monoisotopic (exact) mass is 374 g/mol. The third-order valence-corrected chi connectivity index (χ3v) is 4.92. The lowest BCUT2D eigenvalue weighted by Crippen LogP contribution is -3.13. The Kier molecular flexibility index (Phi) is 5.79. The number of benzene rings is 1. The van der Waals surface area contributed by atoms with E-state index in [4.69, 9.17) is 0 Å². The highest BCUT2D eigenvalue weighted by Gasteiger charge is 2.31. The number of likely N-dealkylation sites (tertiary alicyclic amines) is 1. The number of quaternary nitrogens is 1. The number of rotatable bonds is 6. The molecule has 3 rings (SSSR count). The third kappa shape index (κ3) is 5.33. The maximum absolute atomic E-state index is 12.2. The highest BCUT2D eigenvalue weighted by molar-refractivity contribution is 7.99. The normalized spacial score (nSPS) is 16.1. The summed E-state index contributed by atoms with van der Waals surface area (Å²) in [6, 6.07) is 5.49. The molecule has 1 aliphatic rings. The van der Waals surface area contributed by atoms with E-state index in [2.05, 4.69) is 20.3 Å². The van der Waals surface area contributed by atoms with E-state index >= 15 is 0 Å². The molecule has 1 aliphatic heterocycles. The first-order chi connectivity index (χ1) is 12.0. The number of alkyl halides is 3. The Bertz CT molecular complexity index is 671. The van der Waals surface area contributed by atoms with E-state index in [1.54, 1.807) is 16.7 Å². The highest BCUT2D eigenvalue weighted by atomic mass is 32.2. The fourth-order valence-corrected chi connectivity index (χ4v) is 3.74. The Morgan fingerprint density at radius 3 is 2.52 bits per heavy atom. The predicted octanol–water partition coefficient (Wildman–Crippen LogP) is 1.72. The van der Waals surface area contributed by atoms with Gasteiger partial charge in [-0.2, -0.15) is 4.68 Å². The van der Waals surface area contributed by atoms with Crippen molar-refractivity contribution in [2.45, 2.75) is 30.8 Å². The van der Waals surface area contributed by atoms with Gasteiger partial charge in [0.1, 0.15) is 5.75 Å². The number of tetrazole rings is 1. The molecule has 0 spiro atoms. The van der Waals surface area contributed by atoms with Crippen LogP contribution in [0.15, 0.2) is 29.4 Å². The van der Waals surface area contributed by atoms with Gasteiger partial charge >= 0.3 is 6.36 Å². The zero-order valence-electron chi connectivity index (χ0n) is 13.5. The van der Waals surface area contributed by atoms with E-state index in [9.17, 15) is 13.2 Å². The van der Waals surface area contributed by atoms with Gasteiger partial charge in [-0.25, -0.2) is 0 Å². The van der Waals surface area contributed by atoms with Crippen LogP contribution in [0.1, 0.15) is 19.3 Å². The van der Waals surface area contributed by atoms with Crippen LogP contribution in [0.5, 0.6) is 5.75 Å². The molecule has 2 heterocycles. The molecular weight excluding hydrogens is 355 g/mol. The van der Waals surface area contributed by atoms with Crippen molar-refractivity contribution in [3.05, 3.63) is 24.3 Å². The molecule has 136 valence electrons. The maximum atomic E-state index is 12.2. The number of nitrogens with one attached hydrogen (secondary N) is 1. The molecule has 0 unspecified atom stereocenters. The molecule has 25 heavy (non-hydrogen) atoms. The molecule has 2 aromatic rings. The first-order valence-corrected chi connectivity index (χ1v) is 9.11. The first-order valence-electron chi connectivity index (χ1n) is 8.12. The van der Waals surface area contributed by atoms with Crippen molar-refractivity contribution >= 4 is 11.8 Å². The number of thioether (sulfide) groups is 1. The van der Waals surface area contributed by atoms with Gasteiger partial charge in [-0.15, -0.1) is 18.3 Å². The number of hydrogen-bond donors (Lipinski definition) is 1. The molecule has 10 heteroatoms. The van der Waals surface area contributed by atoms with Gasteiger partial charge in [-0.1, -0.05) is 11.8 Å². The van der Waals surface area contributed by atoms with Crippen LogP contribution >= 0.6 is 11.8 Å². The summed E-state index contributed by atoms with van der Waals surface area (Å²) in [6.45, 7) is 3.48. The van der Waals surface area contributed by atoms with Crippen molar-refractivity contribution in [1.82, 2.24) is 20.2 Å². The lowest BCUT2D eigenvalue weighted by Gasteiger charge is -2.23. The van der Waals surface area contributed by atoms with Crippen molar-refractivity contribution in [3.8, 4) is 11.4 Å². The van der Waals surface area contributed by atoms with Gasteiger partial charge in [0.15, 0.2) is 0 Å². The van der Waals surface area contributed by atoms with Crippen LogP contribution in [0.4, 0.5) is 13.2 Å². The van der Waals surface area contributed by atoms with Gasteiger partial charge in [0.25, 0.3) is 0 Å². The summed E-state index contributed by atoms with van der Waals surface area (Å²) in [5.74, 6) is 0.623. The number of nitrogens with zero attached hydrogens (tertiary/aromatic N) is 4. The topological polar surface area (TPSA) is 57.3 Å². The molecule has 6 nitrogen and oxygen atoms in total. The summed E-state index contributed by atoms with van der Waals surface area (Å²) in [4.78, 5) is 1.60. The molecule has 1 fully saturated rings. The van der Waals surface area contributed by atoms with Gasteiger partial charge in [0.2, 0.25) is 5.16 Å². The second kappa shape index (κ2) is 8.05. The average molecular weight is 374 g/mol. The number of piperidine rings is 1. The minimum atomic E-state index is -4.70. The molecule has 1 saturated heterocycles. The molecule has 0 radical (unpaired) electrons. The molecule has 1 aromatic carbocycles. The fraction of sp³-hybridized carbons (Fsp3) is 0.533. The Labute approximate surface area is 147 Å². The molecular formula is C15H19F3N5OS+. The summed E-state index contributed by atoms with van der Waals surface area (Å²) in [5.41, 5.74) is 0.590. The first kappa shape index (κ1) is 18.0. The largest absolute Gasteiger partial charge is 0.573 e. The van der Waals surface area contributed by atoms with Crippen molar-refractivity contribution in [2.24, 2.45) is 0 Å². The average Bonchev–Trinajstić information content (AvgIpc) is 3.04. The van der Waals surface area contributed by atoms with Crippen LogP contribution in [-0.4, -0.2) is 52.0 Å². The summed E-state index contributed by atoms with van der Waals surface area (Å²) in [6.07, 6.45) is -0.814. The van der Waals surface area contributed by atoms with Gasteiger partial charge < -0.3 is 9.64 Å². The summed E-state index contributed by atoms with van der Waals surface area (Å²) in [5, 5.41) is 12.2. The molecule has 0 amide bonds. The van der Waals surface area contributed by atoms with E-state index < -0.39 is 6.36 Å². The lowest BCUT2D eigenvalue weighted by atomic mass is 10.1. The summed E-state index contributed by atoms with van der Waals surface area (Å²) in [7, 11) is 0. The summed E-state index contributed by atoms with van der Waals surface area (Å²) < 4.78 is 42.0. The van der Waals surface area contributed by atoms with Crippen molar-refractivity contribution < 1.29 is 22.8 Å². The van der Waals surface area contributed by atoms with Gasteiger partial charge in [-0.3, -0.25) is 0 Å². The van der Waals surface area contributed by atoms with E-state index in [1.807, 2.05) is 0 Å². The quantitative estimate of drug-likeness (QED) is 0.781. The lowest BCUT2D eigenvalue weighted by molar-refractivity contribution is -0.902. The Morgan fingerprint density at radius 1 is 1.12 bits per heavy atom. The molecule has 0 aliphatic carbocycles. The van der Waals surface area contributed by atoms with E-state index in [0.29, 0.717) is 10.8 Å². The Hall–Kier alpha value is -1.81. The van der Waals surface area contributed by atoms with Gasteiger partial charge in [-0.05, 0) is 54.0 Å². The maximum Gasteiger partial charge on any atom is 0.573 e. The smallest absolute Gasteiger partial charge is 0.406 e. The standard InChI is InChI=1S/C15H18F3N5OS/c16-15(17,18)24-13-6-4-12(5-7-13)23-14(19-20-21-23)25-11-10-22-8-2-1-3-9-22/h4-7H,1-3,8-11H2/p+1. The number of hydrogen-bond acceptors (Lipinski definition) is 5. The molecule has 0 saturated carbocycles. The minimum absolute atomic E-state index is 0.271. The fourth-order valence-electron chi connectivity index (χ4n) is 2.81. The van der Waals surface area contributed by atoms with Gasteiger partial charge in [0.05, 0.1) is 31.1 Å². The predicted molar refractivity (Wildman–Crippen MR) is 86.0 cm³/mol. The van der Waals surface area contributed by atoms with E-state index in [1.165, 1.54) is 61.3 Å². The summed E-state index contributed by atoms with van der Waals surface area (Å²) >= 11 is 1.55. The second-order valence-corrected chi connectivity index (χ2v) is 6.89. The van der Waals surface area contributed by atoms with Crippen LogP contribution in [0.3, 0.4) is 0 Å². The van der Waals surface area contributed by atoms with Crippen LogP contribution in [0.25, 0.3) is 5.69 Å². The van der Waals surface area contributed by atoms with Crippen LogP contribution < -0.4 is 9.64 Å². The van der Waals surface area contributed by atoms with Crippen molar-refractivity contribution in [3.63, 3.8) is 0 Å². The zero-order valence-corrected chi connectivity index (χ0v) is 14.3. The number of halogens is 3. The molecule has 0 atom stereocenters. The molecule has 1 N–H and O–H groups in total. The van der Waals surface area contributed by atoms with Gasteiger partial charge in [0, 0.05) is 0 Å². The van der Waals surface area contributed by atoms with E-state index in [-0.39, 0.29) is 5.75 Å². The van der Waals surface area contributed by atoms with Crippen LogP contribution in [0, 0.1) is 0 Å². The van der Waals surface area contributed by atoms with E-state index in [0.717, 1.165) is 12.3 Å². The van der Waals surface area contributed by atoms with Crippen LogP contribution in [0.2, 0.25) is 0 Å². The van der Waals surface area contributed by atoms with Crippen molar-refractivity contribution in [1.29, 1.82) is 0 Å². The zero-order chi connectivity index (χ0) is 17.7. The molecule has 1 aromatic heterocycles. The SMILES string of the molecule is FC(F)(F)Oc1ccc(-n2nnnc2SCC[NH+]2CCCCC2)cc1. The van der Waals surface area contributed by atoms with Crippen LogP contribution in [-0.2, 0) is 0 Å².